The number of aryl methyl sites for hydroxylation is 1. The zero-order chi connectivity index (χ0) is 16.5. The predicted octanol–water partition coefficient (Wildman–Crippen LogP) is 4.57. The van der Waals surface area contributed by atoms with Gasteiger partial charge in [0.2, 0.25) is 0 Å². The first-order chi connectivity index (χ1) is 11.7. The molecule has 0 radical (unpaired) electrons. The second-order valence-corrected chi connectivity index (χ2v) is 6.63. The summed E-state index contributed by atoms with van der Waals surface area (Å²) in [5, 5.41) is 5.64. The number of imidazole rings is 1. The molecule has 0 aliphatic carbocycles. The van der Waals surface area contributed by atoms with E-state index in [1.165, 1.54) is 0 Å². The lowest BCUT2D eigenvalue weighted by Crippen LogP contribution is -1.92. The molecular formula is C17H13ClN4OS. The quantitative estimate of drug-likeness (QED) is 0.501. The number of benzene rings is 2. The van der Waals surface area contributed by atoms with Crippen molar-refractivity contribution in [1.29, 1.82) is 0 Å². The average Bonchev–Trinajstić information content (AvgIpc) is 3.19. The lowest BCUT2D eigenvalue weighted by atomic mass is 10.2. The minimum atomic E-state index is 0.493. The highest BCUT2D eigenvalue weighted by molar-refractivity contribution is 7.98. The second kappa shape index (κ2) is 6.30. The molecule has 0 bridgehead atoms. The van der Waals surface area contributed by atoms with Crippen LogP contribution in [0.1, 0.15) is 5.82 Å². The van der Waals surface area contributed by atoms with Crippen molar-refractivity contribution in [3.05, 3.63) is 59.4 Å². The normalized spacial score (nSPS) is 11.2. The molecule has 0 fully saturated rings. The van der Waals surface area contributed by atoms with E-state index in [1.807, 2.05) is 37.4 Å². The fraction of sp³-hybridized carbons (Fsp3) is 0.118. The van der Waals surface area contributed by atoms with E-state index >= 15 is 0 Å². The Balaban J connectivity index is 1.51. The van der Waals surface area contributed by atoms with E-state index < -0.39 is 0 Å². The smallest absolute Gasteiger partial charge is 0.257 e. The zero-order valence-corrected chi connectivity index (χ0v) is 14.4. The van der Waals surface area contributed by atoms with Crippen molar-refractivity contribution in [2.45, 2.75) is 10.9 Å². The van der Waals surface area contributed by atoms with E-state index in [4.69, 9.17) is 16.1 Å². The molecule has 0 saturated heterocycles. The van der Waals surface area contributed by atoms with Crippen LogP contribution in [-0.2, 0) is 12.8 Å². The zero-order valence-electron chi connectivity index (χ0n) is 12.8. The van der Waals surface area contributed by atoms with Crippen LogP contribution in [0.3, 0.4) is 0 Å². The van der Waals surface area contributed by atoms with Crippen LogP contribution in [-0.4, -0.2) is 19.7 Å². The van der Waals surface area contributed by atoms with E-state index in [-0.39, 0.29) is 0 Å². The molecule has 2 aromatic carbocycles. The lowest BCUT2D eigenvalue weighted by molar-refractivity contribution is 0.425. The summed E-state index contributed by atoms with van der Waals surface area (Å²) in [6.45, 7) is 0. The summed E-state index contributed by atoms with van der Waals surface area (Å²) in [7, 11) is 2.01. The summed E-state index contributed by atoms with van der Waals surface area (Å²) in [6.07, 6.45) is 0. The molecule has 5 nitrogen and oxygen atoms in total. The summed E-state index contributed by atoms with van der Waals surface area (Å²) >= 11 is 7.47. The van der Waals surface area contributed by atoms with Crippen LogP contribution in [0.5, 0.6) is 0 Å². The first-order valence-corrected chi connectivity index (χ1v) is 8.70. The van der Waals surface area contributed by atoms with Crippen molar-refractivity contribution >= 4 is 34.4 Å². The van der Waals surface area contributed by atoms with Crippen LogP contribution in [0.4, 0.5) is 0 Å². The van der Waals surface area contributed by atoms with Crippen LogP contribution in [0.2, 0.25) is 5.02 Å². The van der Waals surface area contributed by atoms with Gasteiger partial charge in [0.25, 0.3) is 5.89 Å². The maximum atomic E-state index is 5.89. The summed E-state index contributed by atoms with van der Waals surface area (Å²) in [6, 6.07) is 15.4. The van der Waals surface area contributed by atoms with Gasteiger partial charge < -0.3 is 9.09 Å². The molecule has 7 heteroatoms. The van der Waals surface area contributed by atoms with Crippen molar-refractivity contribution in [2.24, 2.45) is 7.05 Å². The third kappa shape index (κ3) is 2.90. The number of aromatic nitrogens is 4. The van der Waals surface area contributed by atoms with Gasteiger partial charge in [-0.1, -0.05) is 40.7 Å². The van der Waals surface area contributed by atoms with Crippen molar-refractivity contribution in [3.63, 3.8) is 0 Å². The molecule has 0 aliphatic heterocycles. The highest BCUT2D eigenvalue weighted by atomic mass is 35.5. The maximum Gasteiger partial charge on any atom is 0.257 e. The summed E-state index contributed by atoms with van der Waals surface area (Å²) in [4.78, 5) is 9.06. The SMILES string of the molecule is Cn1c(SCc2noc(-c3ccc(Cl)cc3)n2)nc2ccccc21. The fourth-order valence-corrected chi connectivity index (χ4v) is 3.36. The topological polar surface area (TPSA) is 56.7 Å². The summed E-state index contributed by atoms with van der Waals surface area (Å²) in [5.74, 6) is 1.72. The molecular weight excluding hydrogens is 344 g/mol. The van der Waals surface area contributed by atoms with Crippen LogP contribution in [0, 0.1) is 0 Å². The molecule has 0 aliphatic rings. The third-order valence-electron chi connectivity index (χ3n) is 3.64. The minimum absolute atomic E-state index is 0.493. The Bertz CT molecular complexity index is 993. The molecule has 4 rings (SSSR count). The average molecular weight is 357 g/mol. The fourth-order valence-electron chi connectivity index (χ4n) is 2.40. The molecule has 0 N–H and O–H groups in total. The number of hydrogen-bond acceptors (Lipinski definition) is 5. The van der Waals surface area contributed by atoms with Crippen LogP contribution >= 0.6 is 23.4 Å². The summed E-state index contributed by atoms with van der Waals surface area (Å²) in [5.41, 5.74) is 2.94. The van der Waals surface area contributed by atoms with Gasteiger partial charge in [-0.3, -0.25) is 0 Å². The standard InChI is InChI=1S/C17H13ClN4OS/c1-22-14-5-3-2-4-13(14)19-17(22)24-10-15-20-16(23-21-15)11-6-8-12(18)9-7-11/h2-9H,10H2,1H3. The number of nitrogens with zero attached hydrogens (tertiary/aromatic N) is 4. The van der Waals surface area contributed by atoms with Gasteiger partial charge in [-0.2, -0.15) is 4.98 Å². The van der Waals surface area contributed by atoms with Gasteiger partial charge >= 0.3 is 0 Å². The van der Waals surface area contributed by atoms with E-state index in [9.17, 15) is 0 Å². The Hall–Kier alpha value is -2.31. The Morgan fingerprint density at radius 3 is 2.67 bits per heavy atom. The molecule has 120 valence electrons. The van der Waals surface area contributed by atoms with Crippen LogP contribution in [0.25, 0.3) is 22.5 Å². The third-order valence-corrected chi connectivity index (χ3v) is 4.91. The van der Waals surface area contributed by atoms with Gasteiger partial charge in [0.1, 0.15) is 0 Å². The van der Waals surface area contributed by atoms with Gasteiger partial charge in [-0.15, -0.1) is 0 Å². The molecule has 24 heavy (non-hydrogen) atoms. The predicted molar refractivity (Wildman–Crippen MR) is 95.0 cm³/mol. The monoisotopic (exact) mass is 356 g/mol. The van der Waals surface area contributed by atoms with Crippen molar-refractivity contribution < 1.29 is 4.52 Å². The van der Waals surface area contributed by atoms with Crippen molar-refractivity contribution in [1.82, 2.24) is 19.7 Å². The largest absolute Gasteiger partial charge is 0.334 e. The maximum absolute atomic E-state index is 5.89. The van der Waals surface area contributed by atoms with E-state index in [1.54, 1.807) is 23.9 Å². The van der Waals surface area contributed by atoms with Gasteiger partial charge in [0.05, 0.1) is 16.8 Å². The number of fused-ring (bicyclic) bond motifs is 1. The molecule has 0 atom stereocenters. The number of rotatable bonds is 4. The Kier molecular flexibility index (Phi) is 4.00. The van der Waals surface area contributed by atoms with Gasteiger partial charge in [-0.05, 0) is 36.4 Å². The van der Waals surface area contributed by atoms with E-state index in [2.05, 4.69) is 25.8 Å². The summed E-state index contributed by atoms with van der Waals surface area (Å²) < 4.78 is 7.39. The first kappa shape index (κ1) is 15.2. The molecule has 2 aromatic heterocycles. The first-order valence-electron chi connectivity index (χ1n) is 7.33. The molecule has 0 unspecified atom stereocenters. The number of hydrogen-bond donors (Lipinski definition) is 0. The van der Waals surface area contributed by atoms with Crippen molar-refractivity contribution in [2.75, 3.05) is 0 Å². The van der Waals surface area contributed by atoms with E-state index in [0.717, 1.165) is 21.8 Å². The molecule has 0 amide bonds. The Morgan fingerprint density at radius 2 is 1.88 bits per heavy atom. The Labute approximate surface area is 147 Å². The highest BCUT2D eigenvalue weighted by Crippen LogP contribution is 2.26. The Morgan fingerprint density at radius 1 is 1.08 bits per heavy atom. The van der Waals surface area contributed by atoms with Gasteiger partial charge in [0.15, 0.2) is 11.0 Å². The van der Waals surface area contributed by atoms with Gasteiger partial charge in [0, 0.05) is 17.6 Å². The van der Waals surface area contributed by atoms with Crippen LogP contribution < -0.4 is 0 Å². The lowest BCUT2D eigenvalue weighted by Gasteiger charge is -1.99. The number of halogens is 1. The number of thioether (sulfide) groups is 1. The highest BCUT2D eigenvalue weighted by Gasteiger charge is 2.12. The van der Waals surface area contributed by atoms with Crippen LogP contribution in [0.15, 0.2) is 58.2 Å². The minimum Gasteiger partial charge on any atom is -0.334 e. The van der Waals surface area contributed by atoms with Crippen molar-refractivity contribution in [3.8, 4) is 11.5 Å². The molecule has 0 spiro atoms. The second-order valence-electron chi connectivity index (χ2n) is 5.25. The van der Waals surface area contributed by atoms with E-state index in [0.29, 0.717) is 22.5 Å². The molecule has 4 aromatic rings. The van der Waals surface area contributed by atoms with Gasteiger partial charge in [-0.25, -0.2) is 4.98 Å². The number of para-hydroxylation sites is 2. The molecule has 0 saturated carbocycles. The molecule has 2 heterocycles.